The number of hydrogen-bond donors (Lipinski definition) is 0. The van der Waals surface area contributed by atoms with E-state index < -0.39 is 0 Å². The molecule has 0 amide bonds. The van der Waals surface area contributed by atoms with Gasteiger partial charge in [-0.1, -0.05) is 36.4 Å². The number of pyridine rings is 2. The predicted octanol–water partition coefficient (Wildman–Crippen LogP) is 4.04. The van der Waals surface area contributed by atoms with Crippen molar-refractivity contribution in [2.75, 3.05) is 0 Å². The first-order valence-electron chi connectivity index (χ1n) is 6.35. The summed E-state index contributed by atoms with van der Waals surface area (Å²) in [6, 6.07) is 9.97. The molecule has 0 N–H and O–H groups in total. The summed E-state index contributed by atoms with van der Waals surface area (Å²) >= 11 is 0. The Hall–Kier alpha value is -2.48. The lowest BCUT2D eigenvalue weighted by Crippen LogP contribution is -1.89. The van der Waals surface area contributed by atoms with E-state index in [9.17, 15) is 0 Å². The Morgan fingerprint density at radius 3 is 2.74 bits per heavy atom. The summed E-state index contributed by atoms with van der Waals surface area (Å²) in [5.41, 5.74) is 4.17. The van der Waals surface area contributed by atoms with Gasteiger partial charge in [-0.2, -0.15) is 0 Å². The van der Waals surface area contributed by atoms with Gasteiger partial charge in [-0.15, -0.1) is 0 Å². The van der Waals surface area contributed by atoms with Gasteiger partial charge in [0.15, 0.2) is 0 Å². The third kappa shape index (κ3) is 2.68. The van der Waals surface area contributed by atoms with E-state index in [0.717, 1.165) is 17.8 Å². The molecule has 0 unspecified atom stereocenters. The molecule has 1 aliphatic rings. The van der Waals surface area contributed by atoms with Crippen molar-refractivity contribution in [3.05, 3.63) is 78.7 Å². The zero-order valence-electron chi connectivity index (χ0n) is 10.5. The molecule has 0 aromatic carbocycles. The maximum Gasteiger partial charge on any atom is 0.0892 e. The minimum absolute atomic E-state index is 0.901. The lowest BCUT2D eigenvalue weighted by molar-refractivity contribution is 1.24. The van der Waals surface area contributed by atoms with Crippen molar-refractivity contribution in [3.63, 3.8) is 0 Å². The summed E-state index contributed by atoms with van der Waals surface area (Å²) < 4.78 is 0. The molecule has 2 heterocycles. The van der Waals surface area contributed by atoms with Crippen LogP contribution in [-0.2, 0) is 0 Å². The van der Waals surface area contributed by atoms with Gasteiger partial charge < -0.3 is 0 Å². The van der Waals surface area contributed by atoms with Gasteiger partial charge >= 0.3 is 0 Å². The molecule has 2 heteroatoms. The Bertz CT molecular complexity index is 652. The van der Waals surface area contributed by atoms with Crippen molar-refractivity contribution in [1.82, 2.24) is 9.97 Å². The monoisotopic (exact) mass is 246 g/mol. The van der Waals surface area contributed by atoms with Gasteiger partial charge in [0.1, 0.15) is 0 Å². The normalized spacial score (nSPS) is 14.0. The van der Waals surface area contributed by atoms with E-state index in [2.05, 4.69) is 46.4 Å². The predicted molar refractivity (Wildman–Crippen MR) is 78.3 cm³/mol. The SMILES string of the molecule is C1=CCC=CC(c2ccnc(-c3ccccn3)c2)=C1. The van der Waals surface area contributed by atoms with E-state index in [0.29, 0.717) is 0 Å². The van der Waals surface area contributed by atoms with Gasteiger partial charge in [0.25, 0.3) is 0 Å². The molecule has 2 aromatic heterocycles. The van der Waals surface area contributed by atoms with Gasteiger partial charge in [-0.3, -0.25) is 9.97 Å². The number of rotatable bonds is 2. The maximum atomic E-state index is 4.40. The molecule has 0 saturated carbocycles. The zero-order valence-corrected chi connectivity index (χ0v) is 10.5. The molecule has 2 nitrogen and oxygen atoms in total. The summed E-state index contributed by atoms with van der Waals surface area (Å²) in [6.07, 6.45) is 15.3. The molecule has 92 valence electrons. The molecular formula is C17H14N2. The molecular weight excluding hydrogens is 232 g/mol. The Morgan fingerprint density at radius 2 is 1.84 bits per heavy atom. The van der Waals surface area contributed by atoms with Crippen LogP contribution in [0.2, 0.25) is 0 Å². The Balaban J connectivity index is 2.01. The average molecular weight is 246 g/mol. The van der Waals surface area contributed by atoms with Gasteiger partial charge in [0, 0.05) is 12.4 Å². The second kappa shape index (κ2) is 5.44. The highest BCUT2D eigenvalue weighted by atomic mass is 14.8. The Kier molecular flexibility index (Phi) is 3.32. The summed E-state index contributed by atoms with van der Waals surface area (Å²) in [7, 11) is 0. The number of hydrogen-bond acceptors (Lipinski definition) is 2. The summed E-state index contributed by atoms with van der Waals surface area (Å²) in [5, 5.41) is 0. The van der Waals surface area contributed by atoms with Crippen molar-refractivity contribution in [2.45, 2.75) is 6.42 Å². The van der Waals surface area contributed by atoms with Crippen LogP contribution < -0.4 is 0 Å². The van der Waals surface area contributed by atoms with Crippen LogP contribution in [0.5, 0.6) is 0 Å². The highest BCUT2D eigenvalue weighted by molar-refractivity contribution is 5.77. The van der Waals surface area contributed by atoms with Crippen molar-refractivity contribution >= 4 is 5.57 Å². The van der Waals surface area contributed by atoms with Gasteiger partial charge in [0.05, 0.1) is 11.4 Å². The van der Waals surface area contributed by atoms with Crippen molar-refractivity contribution in [1.29, 1.82) is 0 Å². The van der Waals surface area contributed by atoms with E-state index in [1.165, 1.54) is 11.1 Å². The molecule has 1 aliphatic carbocycles. The highest BCUT2D eigenvalue weighted by Crippen LogP contribution is 2.22. The average Bonchev–Trinajstić information content (AvgIpc) is 2.77. The molecule has 0 atom stereocenters. The lowest BCUT2D eigenvalue weighted by atomic mass is 10.0. The van der Waals surface area contributed by atoms with E-state index in [1.54, 1.807) is 6.20 Å². The maximum absolute atomic E-state index is 4.40. The third-order valence-corrected chi connectivity index (χ3v) is 3.00. The standard InChI is InChI=1S/C17H14N2/c1-2-4-8-14(7-3-1)15-10-12-19-17(13-15)16-9-5-6-11-18-16/h1,3-13H,2H2. The van der Waals surface area contributed by atoms with E-state index in [1.807, 2.05) is 30.5 Å². The smallest absolute Gasteiger partial charge is 0.0892 e. The van der Waals surface area contributed by atoms with Crippen molar-refractivity contribution in [3.8, 4) is 11.4 Å². The van der Waals surface area contributed by atoms with Crippen LogP contribution in [0.1, 0.15) is 12.0 Å². The van der Waals surface area contributed by atoms with E-state index in [4.69, 9.17) is 0 Å². The zero-order chi connectivity index (χ0) is 12.9. The number of allylic oxidation sites excluding steroid dienone is 6. The molecule has 2 aromatic rings. The van der Waals surface area contributed by atoms with Crippen LogP contribution in [0.3, 0.4) is 0 Å². The molecule has 0 aliphatic heterocycles. The largest absolute Gasteiger partial charge is 0.255 e. The second-order valence-corrected chi connectivity index (χ2v) is 4.33. The fourth-order valence-corrected chi connectivity index (χ4v) is 2.04. The van der Waals surface area contributed by atoms with Crippen LogP contribution in [-0.4, -0.2) is 9.97 Å². The Labute approximate surface area is 112 Å². The molecule has 0 saturated heterocycles. The van der Waals surface area contributed by atoms with Crippen LogP contribution in [0.4, 0.5) is 0 Å². The van der Waals surface area contributed by atoms with Crippen LogP contribution in [0.15, 0.2) is 73.1 Å². The molecule has 3 rings (SSSR count). The minimum atomic E-state index is 0.901. The van der Waals surface area contributed by atoms with E-state index in [-0.39, 0.29) is 0 Å². The van der Waals surface area contributed by atoms with E-state index >= 15 is 0 Å². The second-order valence-electron chi connectivity index (χ2n) is 4.33. The van der Waals surface area contributed by atoms with Crippen molar-refractivity contribution < 1.29 is 0 Å². The fourth-order valence-electron chi connectivity index (χ4n) is 2.04. The van der Waals surface area contributed by atoms with Gasteiger partial charge in [0.2, 0.25) is 0 Å². The Morgan fingerprint density at radius 1 is 0.895 bits per heavy atom. The van der Waals surface area contributed by atoms with Crippen LogP contribution >= 0.6 is 0 Å². The van der Waals surface area contributed by atoms with Crippen LogP contribution in [0, 0.1) is 0 Å². The third-order valence-electron chi connectivity index (χ3n) is 3.00. The first-order valence-corrected chi connectivity index (χ1v) is 6.35. The summed E-state index contributed by atoms with van der Waals surface area (Å²) in [6.45, 7) is 0. The first-order chi connectivity index (χ1) is 9.43. The van der Waals surface area contributed by atoms with Crippen LogP contribution in [0.25, 0.3) is 17.0 Å². The van der Waals surface area contributed by atoms with Gasteiger partial charge in [-0.25, -0.2) is 0 Å². The first kappa shape index (κ1) is 11.6. The molecule has 19 heavy (non-hydrogen) atoms. The molecule has 0 radical (unpaired) electrons. The lowest BCUT2D eigenvalue weighted by Gasteiger charge is -2.04. The summed E-state index contributed by atoms with van der Waals surface area (Å²) in [4.78, 5) is 8.74. The fraction of sp³-hybridized carbons (Fsp3) is 0.0588. The van der Waals surface area contributed by atoms with Gasteiger partial charge in [-0.05, 0) is 41.8 Å². The quantitative estimate of drug-likeness (QED) is 0.799. The topological polar surface area (TPSA) is 25.8 Å². The molecule has 0 spiro atoms. The highest BCUT2D eigenvalue weighted by Gasteiger charge is 2.04. The number of aromatic nitrogens is 2. The molecule has 0 fully saturated rings. The number of nitrogens with zero attached hydrogens (tertiary/aromatic N) is 2. The molecule has 0 bridgehead atoms. The minimum Gasteiger partial charge on any atom is -0.255 e. The summed E-state index contributed by atoms with van der Waals surface area (Å²) in [5.74, 6) is 0. The van der Waals surface area contributed by atoms with Crippen molar-refractivity contribution in [2.24, 2.45) is 0 Å².